The minimum Gasteiger partial charge on any atom is -0.384 e. The van der Waals surface area contributed by atoms with Crippen LogP contribution in [0.1, 0.15) is 75.2 Å². The van der Waals surface area contributed by atoms with E-state index in [4.69, 9.17) is 11.1 Å². The van der Waals surface area contributed by atoms with Crippen molar-refractivity contribution in [2.75, 3.05) is 11.4 Å². The van der Waals surface area contributed by atoms with E-state index in [1.165, 1.54) is 25.7 Å². The number of carbonyl (C=O) groups is 1. The minimum absolute atomic E-state index is 0.0163. The van der Waals surface area contributed by atoms with Gasteiger partial charge in [-0.05, 0) is 69.4 Å². The van der Waals surface area contributed by atoms with Crippen molar-refractivity contribution in [2.45, 2.75) is 85.4 Å². The van der Waals surface area contributed by atoms with Crippen LogP contribution in [0, 0.1) is 5.41 Å². The molecule has 4 rings (SSSR count). The van der Waals surface area contributed by atoms with Gasteiger partial charge < -0.3 is 16.0 Å². The lowest BCUT2D eigenvalue weighted by atomic mass is 9.84. The average molecular weight is 497 g/mol. The Morgan fingerprint density at radius 2 is 2.09 bits per heavy atom. The van der Waals surface area contributed by atoms with Crippen molar-refractivity contribution in [1.82, 2.24) is 5.32 Å². The topological polar surface area (TPSA) is 82.2 Å². The number of nitrogens with two attached hydrogens (primary N) is 1. The first-order chi connectivity index (χ1) is 16.3. The largest absolute Gasteiger partial charge is 0.384 e. The molecule has 0 saturated carbocycles. The number of fused-ring (bicyclic) bond motifs is 1. The van der Waals surface area contributed by atoms with Crippen molar-refractivity contribution < 1.29 is 4.79 Å². The van der Waals surface area contributed by atoms with Gasteiger partial charge in [-0.3, -0.25) is 10.2 Å². The molecule has 2 aliphatic heterocycles. The normalized spacial score (nSPS) is 24.7. The first-order valence-electron chi connectivity index (χ1n) is 12.3. The summed E-state index contributed by atoms with van der Waals surface area (Å²) in [5.74, 6) is 0.106. The van der Waals surface area contributed by atoms with Crippen LogP contribution in [0.15, 0.2) is 52.3 Å². The summed E-state index contributed by atoms with van der Waals surface area (Å²) in [7, 11) is 0. The molecule has 2 aliphatic rings. The van der Waals surface area contributed by atoms with Gasteiger partial charge in [-0.25, -0.2) is 0 Å². The Balaban J connectivity index is 1.45. The third kappa shape index (κ3) is 5.81. The predicted molar refractivity (Wildman–Crippen MR) is 145 cm³/mol. The number of thiol groups is 1. The molecular weight excluding hydrogens is 460 g/mol. The van der Waals surface area contributed by atoms with Crippen LogP contribution in [0.2, 0.25) is 0 Å². The van der Waals surface area contributed by atoms with Gasteiger partial charge in [0.25, 0.3) is 0 Å². The van der Waals surface area contributed by atoms with Crippen LogP contribution >= 0.6 is 24.4 Å². The monoisotopic (exact) mass is 496 g/mol. The number of thioether (sulfide) groups is 1. The quantitative estimate of drug-likeness (QED) is 0.158. The highest BCUT2D eigenvalue weighted by Crippen LogP contribution is 2.47. The van der Waals surface area contributed by atoms with Crippen LogP contribution in [0.4, 0.5) is 5.69 Å². The molecule has 182 valence electrons. The van der Waals surface area contributed by atoms with Crippen molar-refractivity contribution in [3.63, 3.8) is 0 Å². The molecule has 0 aliphatic carbocycles. The van der Waals surface area contributed by atoms with Crippen molar-refractivity contribution in [3.8, 4) is 0 Å². The van der Waals surface area contributed by atoms with E-state index in [0.717, 1.165) is 40.3 Å². The first kappa shape index (κ1) is 25.1. The molecule has 5 nitrogen and oxygen atoms in total. The van der Waals surface area contributed by atoms with Crippen molar-refractivity contribution in [1.29, 1.82) is 5.41 Å². The number of unbranched alkanes of at least 4 members (excludes halogenated alkanes) is 2. The van der Waals surface area contributed by atoms with Crippen LogP contribution in [0.25, 0.3) is 0 Å². The maximum atomic E-state index is 13.7. The van der Waals surface area contributed by atoms with Crippen molar-refractivity contribution in [3.05, 3.63) is 53.6 Å². The lowest BCUT2D eigenvalue weighted by molar-refractivity contribution is -0.118. The zero-order valence-electron chi connectivity index (χ0n) is 20.1. The van der Waals surface area contributed by atoms with Gasteiger partial charge in [-0.1, -0.05) is 37.5 Å². The molecule has 1 saturated heterocycles. The number of nitrogen functional groups attached to an aromatic ring is 1. The number of hydrogen-bond acceptors (Lipinski definition) is 5. The molecule has 1 fully saturated rings. The second-order valence-electron chi connectivity index (χ2n) is 9.99. The summed E-state index contributed by atoms with van der Waals surface area (Å²) in [4.78, 5) is 17.6. The maximum absolute atomic E-state index is 13.7. The average Bonchev–Trinajstić information content (AvgIpc) is 2.80. The molecule has 2 aromatic rings. The molecule has 7 heteroatoms. The lowest BCUT2D eigenvalue weighted by Gasteiger charge is -2.39. The van der Waals surface area contributed by atoms with Crippen molar-refractivity contribution in [2.24, 2.45) is 5.73 Å². The predicted octanol–water partition coefficient (Wildman–Crippen LogP) is 5.92. The summed E-state index contributed by atoms with van der Waals surface area (Å²) < 4.78 is 0. The van der Waals surface area contributed by atoms with Crippen LogP contribution in [0.3, 0.4) is 0 Å². The van der Waals surface area contributed by atoms with Gasteiger partial charge in [0, 0.05) is 33.5 Å². The Hall–Kier alpha value is -1.96. The summed E-state index contributed by atoms with van der Waals surface area (Å²) in [5, 5.41) is 11.2. The number of nitrogens with zero attached hydrogens (tertiary/aromatic N) is 1. The zero-order chi connectivity index (χ0) is 24.3. The van der Waals surface area contributed by atoms with Gasteiger partial charge in [0.15, 0.2) is 0 Å². The second-order valence-corrected chi connectivity index (χ2v) is 11.7. The van der Waals surface area contributed by atoms with E-state index in [1.807, 2.05) is 41.3 Å². The van der Waals surface area contributed by atoms with Crippen LogP contribution in [-0.2, 0) is 4.79 Å². The smallest absolute Gasteiger partial charge is 0.245 e. The molecular formula is C27H36N4OS2. The van der Waals surface area contributed by atoms with Crippen molar-refractivity contribution >= 4 is 41.8 Å². The number of carbonyl (C=O) groups excluding carboxylic acids is 1. The molecule has 1 amide bonds. The van der Waals surface area contributed by atoms with Gasteiger partial charge in [0.1, 0.15) is 11.1 Å². The Morgan fingerprint density at radius 3 is 2.85 bits per heavy atom. The fourth-order valence-corrected chi connectivity index (χ4v) is 6.66. The molecule has 0 bridgehead atoms. The SMILES string of the molecule is C[C@H]1CCC[C@@](C)(CCCCCN2C(=O)C(c3cccc(C(=N)N)c3)Sc3ccc(S)cc32)N1. The molecule has 2 aromatic carbocycles. The van der Waals surface area contributed by atoms with Crippen LogP contribution in [0.5, 0.6) is 0 Å². The molecule has 4 N–H and O–H groups in total. The van der Waals surface area contributed by atoms with E-state index < -0.39 is 0 Å². The Labute approximate surface area is 213 Å². The third-order valence-corrected chi connectivity index (χ3v) is 8.63. The summed E-state index contributed by atoms with van der Waals surface area (Å²) in [6, 6.07) is 14.1. The molecule has 2 heterocycles. The number of hydrogen-bond donors (Lipinski definition) is 4. The van der Waals surface area contributed by atoms with Crippen LogP contribution < -0.4 is 16.0 Å². The maximum Gasteiger partial charge on any atom is 0.245 e. The standard InChI is InChI=1S/C27H36N4OS2/c1-18-8-7-14-27(2,30-18)13-4-3-5-15-31-22-17-21(33)11-12-23(22)34-24(26(31)32)19-9-6-10-20(16-19)25(28)29/h6,9-12,16-18,24,30,33H,3-5,7-8,13-15H2,1-2H3,(H3,28,29)/t18-,24?,27+/m0/s1. The van der Waals surface area contributed by atoms with Gasteiger partial charge in [0.05, 0.1) is 5.69 Å². The van der Waals surface area contributed by atoms with Gasteiger partial charge in [0.2, 0.25) is 5.91 Å². The van der Waals surface area contributed by atoms with E-state index in [1.54, 1.807) is 11.8 Å². The highest BCUT2D eigenvalue weighted by molar-refractivity contribution is 8.00. The van der Waals surface area contributed by atoms with Gasteiger partial charge in [-0.15, -0.1) is 24.4 Å². The first-order valence-corrected chi connectivity index (χ1v) is 13.6. The number of benzene rings is 2. The molecule has 0 aromatic heterocycles. The van der Waals surface area contributed by atoms with E-state index in [0.29, 0.717) is 18.2 Å². The summed E-state index contributed by atoms with van der Waals surface area (Å²) >= 11 is 6.09. The molecule has 3 atom stereocenters. The number of nitrogens with one attached hydrogen (secondary N) is 2. The number of rotatable bonds is 8. The fraction of sp³-hybridized carbons (Fsp3) is 0.481. The van der Waals surface area contributed by atoms with Gasteiger partial charge >= 0.3 is 0 Å². The van der Waals surface area contributed by atoms with E-state index in [2.05, 4.69) is 37.9 Å². The van der Waals surface area contributed by atoms with E-state index >= 15 is 0 Å². The Bertz CT molecular complexity index is 1060. The minimum atomic E-state index is -0.343. The fourth-order valence-electron chi connectivity index (χ4n) is 5.26. The van der Waals surface area contributed by atoms with E-state index in [9.17, 15) is 4.79 Å². The van der Waals surface area contributed by atoms with Crippen LogP contribution in [-0.4, -0.2) is 29.9 Å². The molecule has 0 radical (unpaired) electrons. The highest BCUT2D eigenvalue weighted by atomic mass is 32.2. The summed E-state index contributed by atoms with van der Waals surface area (Å²) in [6.07, 6.45) is 8.24. The zero-order valence-corrected chi connectivity index (χ0v) is 21.9. The third-order valence-electron chi connectivity index (χ3n) is 7.04. The second kappa shape index (κ2) is 10.8. The number of amidine groups is 1. The molecule has 1 unspecified atom stereocenters. The van der Waals surface area contributed by atoms with Gasteiger partial charge in [-0.2, -0.15) is 0 Å². The summed E-state index contributed by atoms with van der Waals surface area (Å²) in [5.41, 5.74) is 8.43. The lowest BCUT2D eigenvalue weighted by Crippen LogP contribution is -2.50. The molecule has 34 heavy (non-hydrogen) atoms. The molecule has 0 spiro atoms. The highest BCUT2D eigenvalue weighted by Gasteiger charge is 2.35. The Kier molecular flexibility index (Phi) is 7.95. The number of amides is 1. The summed E-state index contributed by atoms with van der Waals surface area (Å²) in [6.45, 7) is 5.35. The Morgan fingerprint density at radius 1 is 1.26 bits per heavy atom. The van der Waals surface area contributed by atoms with E-state index in [-0.39, 0.29) is 22.5 Å². The number of piperidine rings is 1. The number of anilines is 1.